The molecule has 1 amide bonds. The normalized spacial score (nSPS) is 10.2. The topological polar surface area (TPSA) is 68.0 Å². The third-order valence-corrected chi connectivity index (χ3v) is 2.61. The van der Waals surface area contributed by atoms with Crippen molar-refractivity contribution in [1.29, 1.82) is 0 Å². The fraction of sp³-hybridized carbons (Fsp3) is 0.538. The largest absolute Gasteiger partial charge is 0.351 e. The number of rotatable bonds is 7. The van der Waals surface area contributed by atoms with Gasteiger partial charge in [0.05, 0.1) is 0 Å². The van der Waals surface area contributed by atoms with Crippen molar-refractivity contribution in [1.82, 2.24) is 10.3 Å². The van der Waals surface area contributed by atoms with Gasteiger partial charge in [-0.25, -0.2) is 0 Å². The number of nitrogens with zero attached hydrogens (tertiary/aromatic N) is 1. The number of unbranched alkanes of at least 4 members (excludes halogenated alkanes) is 3. The molecule has 3 N–H and O–H groups in total. The zero-order valence-electron chi connectivity index (χ0n) is 10.4. The molecule has 1 aromatic heterocycles. The summed E-state index contributed by atoms with van der Waals surface area (Å²) in [5.74, 6) is -0.106. The van der Waals surface area contributed by atoms with Gasteiger partial charge in [0.25, 0.3) is 5.91 Å². The summed E-state index contributed by atoms with van der Waals surface area (Å²) in [6.45, 7) is 3.34. The van der Waals surface area contributed by atoms with Crippen LogP contribution in [0.4, 0.5) is 0 Å². The summed E-state index contributed by atoms with van der Waals surface area (Å²) < 4.78 is 0. The summed E-state index contributed by atoms with van der Waals surface area (Å²) in [6, 6.07) is 3.54. The Labute approximate surface area is 103 Å². The van der Waals surface area contributed by atoms with Gasteiger partial charge >= 0.3 is 0 Å². The molecule has 0 atom stereocenters. The van der Waals surface area contributed by atoms with E-state index in [1.807, 2.05) is 6.07 Å². The van der Waals surface area contributed by atoms with E-state index in [1.165, 1.54) is 12.8 Å². The molecular formula is C13H21N3O. The van der Waals surface area contributed by atoms with E-state index in [0.29, 0.717) is 12.2 Å². The number of nitrogens with two attached hydrogens (primary N) is 1. The molecule has 17 heavy (non-hydrogen) atoms. The number of hydrogen-bond donors (Lipinski definition) is 2. The Morgan fingerprint density at radius 3 is 2.76 bits per heavy atom. The van der Waals surface area contributed by atoms with Crippen molar-refractivity contribution in [3.8, 4) is 0 Å². The van der Waals surface area contributed by atoms with Crippen LogP contribution in [0.15, 0.2) is 18.3 Å². The van der Waals surface area contributed by atoms with Gasteiger partial charge in [0.15, 0.2) is 0 Å². The number of nitrogens with one attached hydrogen (secondary N) is 1. The first-order chi connectivity index (χ1) is 8.27. The molecule has 1 aromatic rings. The van der Waals surface area contributed by atoms with E-state index in [0.717, 1.165) is 24.9 Å². The lowest BCUT2D eigenvalue weighted by Crippen LogP contribution is -2.25. The van der Waals surface area contributed by atoms with Gasteiger partial charge in [-0.15, -0.1) is 0 Å². The Balaban J connectivity index is 2.31. The number of hydrogen-bond acceptors (Lipinski definition) is 3. The molecule has 0 aromatic carbocycles. The lowest BCUT2D eigenvalue weighted by Gasteiger charge is -2.04. The van der Waals surface area contributed by atoms with E-state index in [9.17, 15) is 4.79 Å². The van der Waals surface area contributed by atoms with Gasteiger partial charge < -0.3 is 11.1 Å². The van der Waals surface area contributed by atoms with Crippen LogP contribution in [-0.2, 0) is 6.54 Å². The van der Waals surface area contributed by atoms with Crippen LogP contribution >= 0.6 is 0 Å². The van der Waals surface area contributed by atoms with Gasteiger partial charge in [-0.05, 0) is 18.1 Å². The average Bonchev–Trinajstić information content (AvgIpc) is 2.38. The van der Waals surface area contributed by atoms with Crippen molar-refractivity contribution in [2.24, 2.45) is 5.73 Å². The van der Waals surface area contributed by atoms with Gasteiger partial charge in [-0.1, -0.05) is 32.3 Å². The van der Waals surface area contributed by atoms with E-state index >= 15 is 0 Å². The lowest BCUT2D eigenvalue weighted by atomic mass is 10.2. The zero-order valence-corrected chi connectivity index (χ0v) is 10.4. The van der Waals surface area contributed by atoms with Crippen molar-refractivity contribution in [2.75, 3.05) is 6.54 Å². The molecular weight excluding hydrogens is 214 g/mol. The van der Waals surface area contributed by atoms with Crippen LogP contribution in [0.2, 0.25) is 0 Å². The molecule has 0 aliphatic carbocycles. The lowest BCUT2D eigenvalue weighted by molar-refractivity contribution is 0.0948. The highest BCUT2D eigenvalue weighted by Gasteiger charge is 2.05. The summed E-state index contributed by atoms with van der Waals surface area (Å²) in [5.41, 5.74) is 6.85. The van der Waals surface area contributed by atoms with E-state index < -0.39 is 0 Å². The van der Waals surface area contributed by atoms with Crippen molar-refractivity contribution in [3.63, 3.8) is 0 Å². The molecule has 0 spiro atoms. The van der Waals surface area contributed by atoms with Gasteiger partial charge in [-0.3, -0.25) is 9.78 Å². The maximum absolute atomic E-state index is 11.7. The minimum atomic E-state index is -0.106. The summed E-state index contributed by atoms with van der Waals surface area (Å²) in [5, 5.41) is 2.86. The SMILES string of the molecule is CCCCCCNC(=O)c1ccc(CN)cn1. The molecule has 0 bridgehead atoms. The molecule has 0 saturated carbocycles. The van der Waals surface area contributed by atoms with Crippen molar-refractivity contribution in [3.05, 3.63) is 29.6 Å². The molecule has 4 nitrogen and oxygen atoms in total. The highest BCUT2D eigenvalue weighted by atomic mass is 16.1. The molecule has 1 heterocycles. The molecule has 0 aliphatic heterocycles. The molecule has 0 radical (unpaired) electrons. The van der Waals surface area contributed by atoms with Crippen molar-refractivity contribution in [2.45, 2.75) is 39.2 Å². The van der Waals surface area contributed by atoms with Crippen molar-refractivity contribution >= 4 is 5.91 Å². The fourth-order valence-corrected chi connectivity index (χ4v) is 1.52. The Bertz CT molecular complexity index is 335. The number of carbonyl (C=O) groups is 1. The average molecular weight is 235 g/mol. The third kappa shape index (κ3) is 4.95. The van der Waals surface area contributed by atoms with Gasteiger partial charge in [0.1, 0.15) is 5.69 Å². The van der Waals surface area contributed by atoms with Crippen LogP contribution in [0.1, 0.15) is 48.7 Å². The second-order valence-electron chi connectivity index (χ2n) is 4.07. The molecule has 0 fully saturated rings. The van der Waals surface area contributed by atoms with Gasteiger partial charge in [-0.2, -0.15) is 0 Å². The van der Waals surface area contributed by atoms with Crippen LogP contribution in [0, 0.1) is 0 Å². The predicted octanol–water partition coefficient (Wildman–Crippen LogP) is 1.85. The molecule has 0 aliphatic rings. The molecule has 0 saturated heterocycles. The standard InChI is InChI=1S/C13H21N3O/c1-2-3-4-5-8-15-13(17)12-7-6-11(9-14)10-16-12/h6-7,10H,2-5,8-9,14H2,1H3,(H,15,17). The van der Waals surface area contributed by atoms with Crippen LogP contribution < -0.4 is 11.1 Å². The number of amides is 1. The summed E-state index contributed by atoms with van der Waals surface area (Å²) >= 11 is 0. The molecule has 0 unspecified atom stereocenters. The minimum absolute atomic E-state index is 0.106. The smallest absolute Gasteiger partial charge is 0.269 e. The highest BCUT2D eigenvalue weighted by Crippen LogP contribution is 2.00. The van der Waals surface area contributed by atoms with Crippen LogP contribution in [0.25, 0.3) is 0 Å². The third-order valence-electron chi connectivity index (χ3n) is 2.61. The van der Waals surface area contributed by atoms with E-state index in [2.05, 4.69) is 17.2 Å². The Morgan fingerprint density at radius 1 is 1.35 bits per heavy atom. The summed E-state index contributed by atoms with van der Waals surface area (Å²) in [4.78, 5) is 15.7. The summed E-state index contributed by atoms with van der Waals surface area (Å²) in [6.07, 6.45) is 6.26. The fourth-order valence-electron chi connectivity index (χ4n) is 1.52. The Hall–Kier alpha value is -1.42. The monoisotopic (exact) mass is 235 g/mol. The second kappa shape index (κ2) is 7.79. The number of aromatic nitrogens is 1. The second-order valence-corrected chi connectivity index (χ2v) is 4.07. The van der Waals surface area contributed by atoms with Crippen molar-refractivity contribution < 1.29 is 4.79 Å². The van der Waals surface area contributed by atoms with Gasteiger partial charge in [0.2, 0.25) is 0 Å². The molecule has 4 heteroatoms. The highest BCUT2D eigenvalue weighted by molar-refractivity contribution is 5.92. The first-order valence-corrected chi connectivity index (χ1v) is 6.21. The van der Waals surface area contributed by atoms with Crippen LogP contribution in [0.5, 0.6) is 0 Å². The molecule has 94 valence electrons. The quantitative estimate of drug-likeness (QED) is 0.709. The van der Waals surface area contributed by atoms with E-state index in [1.54, 1.807) is 12.3 Å². The Kier molecular flexibility index (Phi) is 6.25. The number of carbonyl (C=O) groups excluding carboxylic acids is 1. The summed E-state index contributed by atoms with van der Waals surface area (Å²) in [7, 11) is 0. The zero-order chi connectivity index (χ0) is 12.5. The van der Waals surface area contributed by atoms with Crippen LogP contribution in [-0.4, -0.2) is 17.4 Å². The van der Waals surface area contributed by atoms with E-state index in [-0.39, 0.29) is 5.91 Å². The number of pyridine rings is 1. The first-order valence-electron chi connectivity index (χ1n) is 6.21. The maximum atomic E-state index is 11.7. The predicted molar refractivity (Wildman–Crippen MR) is 68.6 cm³/mol. The van der Waals surface area contributed by atoms with Gasteiger partial charge in [0, 0.05) is 19.3 Å². The maximum Gasteiger partial charge on any atom is 0.269 e. The molecule has 1 rings (SSSR count). The first kappa shape index (κ1) is 13.6. The minimum Gasteiger partial charge on any atom is -0.351 e. The Morgan fingerprint density at radius 2 is 2.18 bits per heavy atom. The van der Waals surface area contributed by atoms with E-state index in [4.69, 9.17) is 5.73 Å². The van der Waals surface area contributed by atoms with Crippen LogP contribution in [0.3, 0.4) is 0 Å².